The van der Waals surface area contributed by atoms with Crippen molar-refractivity contribution in [2.75, 3.05) is 10.5 Å². The van der Waals surface area contributed by atoms with Crippen LogP contribution in [-0.4, -0.2) is 20.1 Å². The molecule has 0 fully saturated rings. The number of carbonyl (C=O) groups excluding carboxylic acids is 1. The standard InChI is InChI=1S/C18H21N3O3S/c1-2-25(23,24)21-17-6-4-3-5-16(17)18(22)20-10-13-7-8-14-11-19-12-15(14)9-13/h3-9,19,21H,2,10-12H2,1H3,(H,20,22). The van der Waals surface area contributed by atoms with Gasteiger partial charge in [-0.3, -0.25) is 9.52 Å². The number of hydrogen-bond donors (Lipinski definition) is 3. The fourth-order valence-electron chi connectivity index (χ4n) is 2.75. The quantitative estimate of drug-likeness (QED) is 0.736. The summed E-state index contributed by atoms with van der Waals surface area (Å²) in [5, 5.41) is 6.14. The molecule has 3 rings (SSSR count). The van der Waals surface area contributed by atoms with E-state index in [0.717, 1.165) is 18.7 Å². The average molecular weight is 359 g/mol. The lowest BCUT2D eigenvalue weighted by Crippen LogP contribution is -2.25. The number of fused-ring (bicyclic) bond motifs is 1. The number of benzene rings is 2. The molecule has 6 nitrogen and oxygen atoms in total. The molecule has 1 amide bonds. The van der Waals surface area contributed by atoms with E-state index < -0.39 is 10.0 Å². The molecule has 0 atom stereocenters. The third-order valence-corrected chi connectivity index (χ3v) is 5.46. The van der Waals surface area contributed by atoms with Crippen molar-refractivity contribution in [1.82, 2.24) is 10.6 Å². The van der Waals surface area contributed by atoms with E-state index in [0.29, 0.717) is 17.8 Å². The fraction of sp³-hybridized carbons (Fsp3) is 0.278. The summed E-state index contributed by atoms with van der Waals surface area (Å²) in [6, 6.07) is 12.7. The van der Waals surface area contributed by atoms with Crippen molar-refractivity contribution in [2.45, 2.75) is 26.6 Å². The Hall–Kier alpha value is -2.38. The summed E-state index contributed by atoms with van der Waals surface area (Å²) in [7, 11) is -3.44. The van der Waals surface area contributed by atoms with Gasteiger partial charge in [0.2, 0.25) is 10.0 Å². The predicted octanol–water partition coefficient (Wildman–Crippen LogP) is 1.98. The highest BCUT2D eigenvalue weighted by atomic mass is 32.2. The molecule has 0 aliphatic carbocycles. The van der Waals surface area contributed by atoms with Gasteiger partial charge in [0, 0.05) is 19.6 Å². The predicted molar refractivity (Wildman–Crippen MR) is 97.7 cm³/mol. The Morgan fingerprint density at radius 2 is 1.88 bits per heavy atom. The van der Waals surface area contributed by atoms with Gasteiger partial charge in [-0.1, -0.05) is 30.3 Å². The first kappa shape index (κ1) is 17.4. The van der Waals surface area contributed by atoms with E-state index in [9.17, 15) is 13.2 Å². The van der Waals surface area contributed by atoms with Crippen molar-refractivity contribution in [3.05, 3.63) is 64.7 Å². The van der Waals surface area contributed by atoms with Crippen LogP contribution in [0.4, 0.5) is 5.69 Å². The zero-order chi connectivity index (χ0) is 17.9. The third-order valence-electron chi connectivity index (χ3n) is 4.17. The van der Waals surface area contributed by atoms with Crippen LogP contribution in [-0.2, 0) is 29.7 Å². The normalized spacial score (nSPS) is 13.3. The summed E-state index contributed by atoms with van der Waals surface area (Å²) >= 11 is 0. The van der Waals surface area contributed by atoms with Gasteiger partial charge in [0.25, 0.3) is 5.91 Å². The van der Waals surface area contributed by atoms with Crippen LogP contribution in [0.25, 0.3) is 0 Å². The third kappa shape index (κ3) is 4.18. The molecule has 0 spiro atoms. The number of amides is 1. The lowest BCUT2D eigenvalue weighted by molar-refractivity contribution is 0.0952. The molecule has 0 saturated heterocycles. The second-order valence-corrected chi connectivity index (χ2v) is 7.95. The highest BCUT2D eigenvalue weighted by molar-refractivity contribution is 7.92. The Balaban J connectivity index is 1.71. The van der Waals surface area contributed by atoms with E-state index in [1.807, 2.05) is 6.07 Å². The molecule has 1 heterocycles. The van der Waals surface area contributed by atoms with Gasteiger partial charge in [-0.05, 0) is 35.7 Å². The smallest absolute Gasteiger partial charge is 0.253 e. The Morgan fingerprint density at radius 3 is 2.68 bits per heavy atom. The molecule has 7 heteroatoms. The van der Waals surface area contributed by atoms with Crippen LogP contribution in [0, 0.1) is 0 Å². The molecule has 2 aromatic carbocycles. The van der Waals surface area contributed by atoms with Crippen molar-refractivity contribution in [3.8, 4) is 0 Å². The molecule has 3 N–H and O–H groups in total. The van der Waals surface area contributed by atoms with Crippen LogP contribution in [0.1, 0.15) is 34.0 Å². The Kier molecular flexibility index (Phi) is 5.06. The van der Waals surface area contributed by atoms with Crippen LogP contribution in [0.2, 0.25) is 0 Å². The van der Waals surface area contributed by atoms with Crippen LogP contribution < -0.4 is 15.4 Å². The maximum Gasteiger partial charge on any atom is 0.253 e. The molecule has 2 aromatic rings. The minimum absolute atomic E-state index is 0.0495. The molecule has 0 bridgehead atoms. The molecule has 1 aliphatic heterocycles. The molecule has 25 heavy (non-hydrogen) atoms. The zero-order valence-corrected chi connectivity index (χ0v) is 14.8. The second-order valence-electron chi connectivity index (χ2n) is 5.94. The highest BCUT2D eigenvalue weighted by Gasteiger charge is 2.15. The van der Waals surface area contributed by atoms with Crippen LogP contribution in [0.3, 0.4) is 0 Å². The first-order valence-corrected chi connectivity index (χ1v) is 9.83. The van der Waals surface area contributed by atoms with Gasteiger partial charge in [0.1, 0.15) is 0 Å². The Morgan fingerprint density at radius 1 is 1.12 bits per heavy atom. The summed E-state index contributed by atoms with van der Waals surface area (Å²) in [6.45, 7) is 3.67. The van der Waals surface area contributed by atoms with Crippen LogP contribution in [0.15, 0.2) is 42.5 Å². The van der Waals surface area contributed by atoms with E-state index in [1.165, 1.54) is 11.1 Å². The van der Waals surface area contributed by atoms with E-state index in [4.69, 9.17) is 0 Å². The summed E-state index contributed by atoms with van der Waals surface area (Å²) in [5.41, 5.74) is 4.15. The van der Waals surface area contributed by atoms with Gasteiger partial charge in [-0.25, -0.2) is 8.42 Å². The van der Waals surface area contributed by atoms with Crippen molar-refractivity contribution in [3.63, 3.8) is 0 Å². The number of sulfonamides is 1. The monoisotopic (exact) mass is 359 g/mol. The molecule has 1 aliphatic rings. The number of carbonyl (C=O) groups is 1. The van der Waals surface area contributed by atoms with Gasteiger partial charge < -0.3 is 10.6 Å². The van der Waals surface area contributed by atoms with Crippen LogP contribution in [0.5, 0.6) is 0 Å². The summed E-state index contributed by atoms with van der Waals surface area (Å²) < 4.78 is 26.0. The SMILES string of the molecule is CCS(=O)(=O)Nc1ccccc1C(=O)NCc1ccc2c(c1)CNC2. The van der Waals surface area contributed by atoms with Gasteiger partial charge >= 0.3 is 0 Å². The lowest BCUT2D eigenvalue weighted by atomic mass is 10.1. The first-order chi connectivity index (χ1) is 12.0. The summed E-state index contributed by atoms with van der Waals surface area (Å²) in [4.78, 5) is 12.5. The fourth-order valence-corrected chi connectivity index (χ4v) is 3.40. The van der Waals surface area contributed by atoms with Gasteiger partial charge in [-0.2, -0.15) is 0 Å². The van der Waals surface area contributed by atoms with E-state index in [1.54, 1.807) is 31.2 Å². The largest absolute Gasteiger partial charge is 0.348 e. The number of nitrogens with one attached hydrogen (secondary N) is 3. The number of para-hydroxylation sites is 1. The maximum absolute atomic E-state index is 12.5. The van der Waals surface area contributed by atoms with Gasteiger partial charge in [-0.15, -0.1) is 0 Å². The summed E-state index contributed by atoms with van der Waals surface area (Å²) in [5.74, 6) is -0.362. The minimum Gasteiger partial charge on any atom is -0.348 e. The van der Waals surface area contributed by atoms with Crippen molar-refractivity contribution in [2.24, 2.45) is 0 Å². The molecule has 0 saturated carbocycles. The topological polar surface area (TPSA) is 87.3 Å². The van der Waals surface area contributed by atoms with Crippen molar-refractivity contribution < 1.29 is 13.2 Å². The van der Waals surface area contributed by atoms with Crippen LogP contribution >= 0.6 is 0 Å². The molecule has 0 radical (unpaired) electrons. The number of anilines is 1. The van der Waals surface area contributed by atoms with Crippen molar-refractivity contribution in [1.29, 1.82) is 0 Å². The van der Waals surface area contributed by atoms with E-state index in [-0.39, 0.29) is 11.7 Å². The van der Waals surface area contributed by atoms with E-state index in [2.05, 4.69) is 27.5 Å². The van der Waals surface area contributed by atoms with Crippen molar-refractivity contribution >= 4 is 21.6 Å². The number of hydrogen-bond acceptors (Lipinski definition) is 4. The Labute approximate surface area is 147 Å². The summed E-state index contributed by atoms with van der Waals surface area (Å²) in [6.07, 6.45) is 0. The Bertz CT molecular complexity index is 894. The van der Waals surface area contributed by atoms with Gasteiger partial charge in [0.05, 0.1) is 17.0 Å². The van der Waals surface area contributed by atoms with Gasteiger partial charge in [0.15, 0.2) is 0 Å². The van der Waals surface area contributed by atoms with E-state index >= 15 is 0 Å². The number of rotatable bonds is 6. The molecule has 0 aromatic heterocycles. The zero-order valence-electron chi connectivity index (χ0n) is 14.0. The molecule has 0 unspecified atom stereocenters. The first-order valence-electron chi connectivity index (χ1n) is 8.17. The average Bonchev–Trinajstić information content (AvgIpc) is 3.07. The molecule has 132 valence electrons. The lowest BCUT2D eigenvalue weighted by Gasteiger charge is -2.12. The molecular formula is C18H21N3O3S. The highest BCUT2D eigenvalue weighted by Crippen LogP contribution is 2.19. The maximum atomic E-state index is 12.5. The minimum atomic E-state index is -3.44. The second kappa shape index (κ2) is 7.25. The molecular weight excluding hydrogens is 338 g/mol.